The van der Waals surface area contributed by atoms with Crippen LogP contribution in [-0.2, 0) is 38.0 Å². The second-order valence-electron chi connectivity index (χ2n) is 11.8. The normalized spacial score (nSPS) is 45.1. The molecule has 0 aliphatic carbocycles. The lowest BCUT2D eigenvalue weighted by molar-refractivity contribution is -0.341. The topological polar surface area (TPSA) is 264 Å². The number of aliphatic hydroxyl groups is 8. The van der Waals surface area contributed by atoms with E-state index in [1.54, 1.807) is 0 Å². The van der Waals surface area contributed by atoms with Crippen LogP contribution in [0.25, 0.3) is 0 Å². The van der Waals surface area contributed by atoms with Gasteiger partial charge in [0.2, 0.25) is 0 Å². The molecule has 3 heterocycles. The molecule has 15 atom stereocenters. The van der Waals surface area contributed by atoms with Crippen LogP contribution >= 0.6 is 0 Å². The fourth-order valence-electron chi connectivity index (χ4n) is 4.68. The fraction of sp³-hybridized carbons (Fsp3) is 0.958. The molecular weight excluding hydrogens is 588 g/mol. The SMILES string of the molecule is CO[C@H]1[C@H](O)[C@@H](O)[C@H](OC[C@H]2O[C@@H](OC[C@H]3O[C@@H](OCC[Si](C)(C)C)[C@H](O)[C@@H](O)[C@H]3O)[C@H](O)[C@@H](O)[C@H]2O)O[C@@H]1C(=O)O. The average molecular weight is 633 g/mol. The number of carbonyl (C=O) groups is 1. The van der Waals surface area contributed by atoms with Crippen LogP contribution in [0.1, 0.15) is 0 Å². The van der Waals surface area contributed by atoms with Gasteiger partial charge in [-0.25, -0.2) is 4.79 Å². The molecule has 3 saturated heterocycles. The molecule has 17 nitrogen and oxygen atoms in total. The third kappa shape index (κ3) is 8.41. The molecule has 0 unspecified atom stereocenters. The number of methoxy groups -OCH3 is 1. The zero-order chi connectivity index (χ0) is 31.5. The van der Waals surface area contributed by atoms with Crippen molar-refractivity contribution in [1.29, 1.82) is 0 Å². The van der Waals surface area contributed by atoms with Gasteiger partial charge in [-0.2, -0.15) is 0 Å². The van der Waals surface area contributed by atoms with E-state index in [-0.39, 0.29) is 6.61 Å². The first-order valence-electron chi connectivity index (χ1n) is 13.6. The predicted molar refractivity (Wildman–Crippen MR) is 138 cm³/mol. The Hall–Kier alpha value is -0.913. The Balaban J connectivity index is 1.60. The number of aliphatic hydroxyl groups excluding tert-OH is 8. The maximum absolute atomic E-state index is 11.5. The Labute approximate surface area is 243 Å². The monoisotopic (exact) mass is 632 g/mol. The molecule has 0 saturated carbocycles. The Bertz CT molecular complexity index is 861. The molecule has 3 aliphatic rings. The van der Waals surface area contributed by atoms with E-state index in [2.05, 4.69) is 19.6 Å². The van der Waals surface area contributed by atoms with Crippen molar-refractivity contribution >= 4 is 14.0 Å². The third-order valence-corrected chi connectivity index (χ3v) is 9.08. The van der Waals surface area contributed by atoms with Gasteiger partial charge in [0.25, 0.3) is 0 Å². The van der Waals surface area contributed by atoms with Gasteiger partial charge >= 0.3 is 5.97 Å². The van der Waals surface area contributed by atoms with Crippen molar-refractivity contribution in [2.24, 2.45) is 0 Å². The van der Waals surface area contributed by atoms with Gasteiger partial charge in [0.05, 0.1) is 13.2 Å². The van der Waals surface area contributed by atoms with Crippen molar-refractivity contribution in [3.8, 4) is 0 Å². The molecule has 18 heteroatoms. The average Bonchev–Trinajstić information content (AvgIpc) is 2.92. The van der Waals surface area contributed by atoms with Crippen molar-refractivity contribution in [2.75, 3.05) is 26.9 Å². The number of ether oxygens (including phenoxy) is 7. The van der Waals surface area contributed by atoms with Crippen LogP contribution in [0.15, 0.2) is 0 Å². The van der Waals surface area contributed by atoms with Crippen molar-refractivity contribution in [3.05, 3.63) is 0 Å². The highest BCUT2D eigenvalue weighted by Gasteiger charge is 2.51. The molecule has 3 rings (SSSR count). The quantitative estimate of drug-likeness (QED) is 0.0918. The fourth-order valence-corrected chi connectivity index (χ4v) is 5.41. The van der Waals surface area contributed by atoms with E-state index in [9.17, 15) is 50.8 Å². The molecule has 9 N–H and O–H groups in total. The van der Waals surface area contributed by atoms with Gasteiger partial charge in [0.15, 0.2) is 25.0 Å². The Morgan fingerprint density at radius 2 is 1.07 bits per heavy atom. The van der Waals surface area contributed by atoms with Crippen LogP contribution < -0.4 is 0 Å². The summed E-state index contributed by atoms with van der Waals surface area (Å²) in [6, 6.07) is 0.747. The Kier molecular flexibility index (Phi) is 12.6. The second kappa shape index (κ2) is 14.9. The largest absolute Gasteiger partial charge is 0.479 e. The minimum Gasteiger partial charge on any atom is -0.479 e. The summed E-state index contributed by atoms with van der Waals surface area (Å²) >= 11 is 0. The predicted octanol–water partition coefficient (Wildman–Crippen LogP) is -4.46. The van der Waals surface area contributed by atoms with Crippen LogP contribution in [0, 0.1) is 0 Å². The van der Waals surface area contributed by atoms with Crippen LogP contribution in [0.3, 0.4) is 0 Å². The van der Waals surface area contributed by atoms with Crippen LogP contribution in [0.4, 0.5) is 0 Å². The van der Waals surface area contributed by atoms with Gasteiger partial charge in [0, 0.05) is 21.8 Å². The first-order valence-corrected chi connectivity index (χ1v) is 17.3. The number of carboxylic acids is 1. The van der Waals surface area contributed by atoms with E-state index in [0.29, 0.717) is 0 Å². The molecule has 246 valence electrons. The van der Waals surface area contributed by atoms with Crippen molar-refractivity contribution in [2.45, 2.75) is 118 Å². The zero-order valence-electron chi connectivity index (χ0n) is 23.8. The van der Waals surface area contributed by atoms with Gasteiger partial charge in [-0.15, -0.1) is 0 Å². The number of hydrogen-bond donors (Lipinski definition) is 9. The summed E-state index contributed by atoms with van der Waals surface area (Å²) in [5.41, 5.74) is 0. The molecule has 0 aromatic carbocycles. The summed E-state index contributed by atoms with van der Waals surface area (Å²) in [5, 5.41) is 92.1. The maximum Gasteiger partial charge on any atom is 0.335 e. The summed E-state index contributed by atoms with van der Waals surface area (Å²) in [6.07, 6.45) is -23.9. The molecule has 0 bridgehead atoms. The number of aliphatic carboxylic acids is 1. The molecule has 3 aliphatic heterocycles. The highest BCUT2D eigenvalue weighted by Crippen LogP contribution is 2.28. The molecule has 3 fully saturated rings. The molecule has 0 radical (unpaired) electrons. The van der Waals surface area contributed by atoms with Crippen molar-refractivity contribution < 1.29 is 83.9 Å². The lowest BCUT2D eigenvalue weighted by atomic mass is 9.98. The molecule has 0 aromatic heterocycles. The molecule has 0 spiro atoms. The van der Waals surface area contributed by atoms with Crippen molar-refractivity contribution in [3.63, 3.8) is 0 Å². The molecule has 42 heavy (non-hydrogen) atoms. The standard InChI is InChI=1S/C24H44O17Si/c1-35-19-15(29)18(32)24(41-20(19)21(33)34)38-8-10-12(26)14(28)17(31)23(40-10)37-7-9-11(25)13(27)16(30)22(39-9)36-5-6-42(2,3)4/h9-20,22-32H,5-8H2,1-4H3,(H,33,34)/t9-,10-,11+,12+,13+,14+,15-,16-,17-,18-,19+,20+,22-,23-,24-/m1/s1. The van der Waals surface area contributed by atoms with E-state index in [4.69, 9.17) is 33.2 Å². The summed E-state index contributed by atoms with van der Waals surface area (Å²) in [7, 11) is -0.351. The maximum atomic E-state index is 11.5. The smallest absolute Gasteiger partial charge is 0.335 e. The molecular formula is C24H44O17Si. The minimum atomic E-state index is -1.81. The first-order chi connectivity index (χ1) is 19.6. The first kappa shape index (κ1) is 35.6. The van der Waals surface area contributed by atoms with Gasteiger partial charge < -0.3 is 79.1 Å². The Morgan fingerprint density at radius 3 is 1.50 bits per heavy atom. The summed E-state index contributed by atoms with van der Waals surface area (Å²) < 4.78 is 37.7. The van der Waals surface area contributed by atoms with Crippen molar-refractivity contribution in [1.82, 2.24) is 0 Å². The zero-order valence-corrected chi connectivity index (χ0v) is 24.8. The van der Waals surface area contributed by atoms with Crippen LogP contribution in [0.2, 0.25) is 25.7 Å². The number of rotatable bonds is 12. The Morgan fingerprint density at radius 1 is 0.643 bits per heavy atom. The lowest BCUT2D eigenvalue weighted by Gasteiger charge is -2.44. The van der Waals surface area contributed by atoms with E-state index < -0.39 is 119 Å². The van der Waals surface area contributed by atoms with E-state index >= 15 is 0 Å². The van der Waals surface area contributed by atoms with Crippen LogP contribution in [-0.4, -0.2) is 179 Å². The summed E-state index contributed by atoms with van der Waals surface area (Å²) in [5.74, 6) is -1.49. The summed E-state index contributed by atoms with van der Waals surface area (Å²) in [6.45, 7) is 5.50. The van der Waals surface area contributed by atoms with E-state index in [1.807, 2.05) is 0 Å². The molecule has 0 amide bonds. The highest BCUT2D eigenvalue weighted by molar-refractivity contribution is 6.76. The van der Waals surface area contributed by atoms with Gasteiger partial charge in [0.1, 0.15) is 67.1 Å². The van der Waals surface area contributed by atoms with Gasteiger partial charge in [-0.05, 0) is 6.04 Å². The second-order valence-corrected chi connectivity index (χ2v) is 17.4. The summed E-state index contributed by atoms with van der Waals surface area (Å²) in [4.78, 5) is 11.5. The number of carboxylic acid groups (broad SMARTS) is 1. The van der Waals surface area contributed by atoms with E-state index in [0.717, 1.165) is 13.2 Å². The van der Waals surface area contributed by atoms with Crippen LogP contribution in [0.5, 0.6) is 0 Å². The minimum absolute atomic E-state index is 0.250. The number of hydrogen-bond acceptors (Lipinski definition) is 16. The van der Waals surface area contributed by atoms with Gasteiger partial charge in [-0.3, -0.25) is 0 Å². The highest BCUT2D eigenvalue weighted by atomic mass is 28.3. The third-order valence-electron chi connectivity index (χ3n) is 7.38. The van der Waals surface area contributed by atoms with E-state index in [1.165, 1.54) is 0 Å². The molecule has 0 aromatic rings. The lowest BCUT2D eigenvalue weighted by Crippen LogP contribution is -2.63. The van der Waals surface area contributed by atoms with Gasteiger partial charge in [-0.1, -0.05) is 19.6 Å².